The quantitative estimate of drug-likeness (QED) is 0.121. The van der Waals surface area contributed by atoms with E-state index in [9.17, 15) is 0 Å². The lowest BCUT2D eigenvalue weighted by molar-refractivity contribution is 0.827. The number of aryl methyl sites for hydroxylation is 2. The highest BCUT2D eigenvalue weighted by Gasteiger charge is 2.21. The Labute approximate surface area is 548 Å². The molecular formula is C92H66N2. The van der Waals surface area contributed by atoms with Crippen molar-refractivity contribution in [2.75, 3.05) is 0 Å². The third-order valence-corrected chi connectivity index (χ3v) is 19.6. The molecule has 18 aromatic rings. The fraction of sp³-hybridized carbons (Fsp3) is 0.0435. The van der Waals surface area contributed by atoms with Crippen LogP contribution in [0.5, 0.6) is 0 Å². The minimum absolute atomic E-state index is 0.955. The Morgan fingerprint density at radius 3 is 0.872 bits per heavy atom. The Morgan fingerprint density at radius 2 is 0.447 bits per heavy atom. The molecule has 2 heterocycles. The van der Waals surface area contributed by atoms with E-state index in [1.54, 1.807) is 0 Å². The summed E-state index contributed by atoms with van der Waals surface area (Å²) >= 11 is 0. The maximum Gasteiger partial charge on any atom is 0.0491 e. The molecule has 94 heavy (non-hydrogen) atoms. The summed E-state index contributed by atoms with van der Waals surface area (Å²) in [6, 6.07) is 125. The van der Waals surface area contributed by atoms with Crippen LogP contribution in [0.1, 0.15) is 13.8 Å². The Kier molecular flexibility index (Phi) is 14.2. The molecule has 0 N–H and O–H groups in total. The van der Waals surface area contributed by atoms with Crippen LogP contribution in [0, 0.1) is 0 Å². The zero-order valence-electron chi connectivity index (χ0n) is 52.6. The number of hydrogen-bond donors (Lipinski definition) is 0. The first-order chi connectivity index (χ1) is 46.6. The van der Waals surface area contributed by atoms with Crippen LogP contribution in [0.15, 0.2) is 340 Å². The lowest BCUT2D eigenvalue weighted by atomic mass is 9.83. The van der Waals surface area contributed by atoms with Gasteiger partial charge in [-0.3, -0.25) is 0 Å². The second-order valence-electron chi connectivity index (χ2n) is 24.7. The molecule has 2 nitrogen and oxygen atoms in total. The van der Waals surface area contributed by atoms with Gasteiger partial charge >= 0.3 is 0 Å². The largest absolute Gasteiger partial charge is 0.341 e. The summed E-state index contributed by atoms with van der Waals surface area (Å²) in [4.78, 5) is 0. The Morgan fingerprint density at radius 1 is 0.170 bits per heavy atom. The molecule has 18 rings (SSSR count). The van der Waals surface area contributed by atoms with Crippen LogP contribution < -0.4 is 0 Å². The summed E-state index contributed by atoms with van der Waals surface area (Å²) in [6.07, 6.45) is 0. The van der Waals surface area contributed by atoms with E-state index in [0.29, 0.717) is 0 Å². The predicted octanol–water partition coefficient (Wildman–Crippen LogP) is 25.6. The number of rotatable bonds is 10. The molecule has 0 saturated heterocycles. The molecule has 2 heteroatoms. The molecule has 16 aromatic carbocycles. The number of fused-ring (bicyclic) bond motifs is 10. The van der Waals surface area contributed by atoms with Crippen molar-refractivity contribution >= 4 is 86.7 Å². The van der Waals surface area contributed by atoms with Gasteiger partial charge in [-0.2, -0.15) is 0 Å². The summed E-state index contributed by atoms with van der Waals surface area (Å²) in [5.74, 6) is 0. The molecule has 0 amide bonds. The fourth-order valence-electron chi connectivity index (χ4n) is 15.3. The third-order valence-electron chi connectivity index (χ3n) is 19.6. The molecule has 0 spiro atoms. The van der Waals surface area contributed by atoms with Crippen molar-refractivity contribution in [3.8, 4) is 89.0 Å². The van der Waals surface area contributed by atoms with Crippen LogP contribution >= 0.6 is 0 Å². The van der Waals surface area contributed by atoms with E-state index in [1.165, 1.54) is 176 Å². The molecule has 0 radical (unpaired) electrons. The van der Waals surface area contributed by atoms with Gasteiger partial charge in [0.25, 0.3) is 0 Å². The van der Waals surface area contributed by atoms with E-state index >= 15 is 0 Å². The summed E-state index contributed by atoms with van der Waals surface area (Å²) in [6.45, 7) is 6.36. The molecule has 0 saturated carbocycles. The number of aromatic nitrogens is 2. The number of nitrogens with zero attached hydrogens (tertiary/aromatic N) is 2. The average Bonchev–Trinajstić information content (AvgIpc) is 1.09. The van der Waals surface area contributed by atoms with Gasteiger partial charge in [-0.25, -0.2) is 0 Å². The van der Waals surface area contributed by atoms with E-state index in [0.717, 1.165) is 13.1 Å². The van der Waals surface area contributed by atoms with Crippen molar-refractivity contribution < 1.29 is 0 Å². The highest BCUT2D eigenvalue weighted by molar-refractivity contribution is 6.24. The number of benzene rings is 16. The Balaban J connectivity index is 0.000000143. The van der Waals surface area contributed by atoms with Gasteiger partial charge in [0.05, 0.1) is 0 Å². The lowest BCUT2D eigenvalue weighted by Gasteiger charge is -2.19. The van der Waals surface area contributed by atoms with Crippen molar-refractivity contribution in [1.82, 2.24) is 9.13 Å². The maximum absolute atomic E-state index is 2.41. The van der Waals surface area contributed by atoms with Crippen molar-refractivity contribution in [3.05, 3.63) is 340 Å². The summed E-state index contributed by atoms with van der Waals surface area (Å²) in [7, 11) is 0. The standard InChI is InChI=1S/2C46H33N/c1-2-47-43-22-11-10-17-37(43)42-30-35(27-28-44(42)47)32-23-25-33(26-24-32)45-38-18-6-8-20-40(38)46(41-21-9-7-19-39(41)45)36-16-12-15-34(29-36)31-13-4-3-5-14-31;1-2-47-43-23-13-12-17-36(43)42-30-34(28-29-44(42)47)31-24-26-33(27-25-31)45-38-19-8-10-21-40(38)46(41-22-11-9-20-39(41)45)37-18-7-6-16-35(37)32-14-4-3-5-15-32/h2*3-30H,2H2,1H3. The molecule has 0 bridgehead atoms. The van der Waals surface area contributed by atoms with Gasteiger partial charge in [-0.15, -0.1) is 0 Å². The first kappa shape index (κ1) is 56.2. The minimum atomic E-state index is 0.955. The van der Waals surface area contributed by atoms with Crippen LogP contribution in [-0.4, -0.2) is 9.13 Å². The molecule has 2 aromatic heterocycles. The Hall–Kier alpha value is -11.8. The summed E-state index contributed by atoms with van der Waals surface area (Å²) in [5, 5.41) is 15.4. The highest BCUT2D eigenvalue weighted by atomic mass is 15.0. The summed E-state index contributed by atoms with van der Waals surface area (Å²) < 4.78 is 4.82. The number of hydrogen-bond acceptors (Lipinski definition) is 0. The van der Waals surface area contributed by atoms with Gasteiger partial charge in [0.2, 0.25) is 0 Å². The average molecular weight is 1200 g/mol. The highest BCUT2D eigenvalue weighted by Crippen LogP contribution is 2.48. The van der Waals surface area contributed by atoms with Gasteiger partial charge in [0.1, 0.15) is 0 Å². The van der Waals surface area contributed by atoms with Crippen molar-refractivity contribution in [1.29, 1.82) is 0 Å². The van der Waals surface area contributed by atoms with Gasteiger partial charge in [-0.05, 0) is 188 Å². The summed E-state index contributed by atoms with van der Waals surface area (Å²) in [5.41, 5.74) is 25.2. The first-order valence-electron chi connectivity index (χ1n) is 33.0. The zero-order chi connectivity index (χ0) is 62.6. The first-order valence-corrected chi connectivity index (χ1v) is 33.0. The zero-order valence-corrected chi connectivity index (χ0v) is 52.6. The molecule has 444 valence electrons. The second-order valence-corrected chi connectivity index (χ2v) is 24.7. The molecule has 0 aliphatic heterocycles. The van der Waals surface area contributed by atoms with Gasteiger partial charge < -0.3 is 9.13 Å². The van der Waals surface area contributed by atoms with Crippen molar-refractivity contribution in [3.63, 3.8) is 0 Å². The van der Waals surface area contributed by atoms with Crippen molar-refractivity contribution in [2.24, 2.45) is 0 Å². The maximum atomic E-state index is 2.41. The second kappa shape index (κ2) is 23.8. The van der Waals surface area contributed by atoms with Crippen LogP contribution in [0.4, 0.5) is 0 Å². The van der Waals surface area contributed by atoms with E-state index in [4.69, 9.17) is 0 Å². The lowest BCUT2D eigenvalue weighted by Crippen LogP contribution is -1.93. The molecular weight excluding hydrogens is 1130 g/mol. The van der Waals surface area contributed by atoms with Gasteiger partial charge in [0, 0.05) is 56.7 Å². The van der Waals surface area contributed by atoms with E-state index in [-0.39, 0.29) is 0 Å². The smallest absolute Gasteiger partial charge is 0.0491 e. The predicted molar refractivity (Wildman–Crippen MR) is 404 cm³/mol. The van der Waals surface area contributed by atoms with Crippen LogP contribution in [0.25, 0.3) is 176 Å². The number of para-hydroxylation sites is 2. The third kappa shape index (κ3) is 9.57. The minimum Gasteiger partial charge on any atom is -0.341 e. The van der Waals surface area contributed by atoms with Crippen molar-refractivity contribution in [2.45, 2.75) is 26.9 Å². The topological polar surface area (TPSA) is 9.86 Å². The van der Waals surface area contributed by atoms with Crippen LogP contribution in [0.2, 0.25) is 0 Å². The van der Waals surface area contributed by atoms with E-state index in [2.05, 4.69) is 363 Å². The Bertz CT molecular complexity index is 5790. The molecule has 0 fully saturated rings. The van der Waals surface area contributed by atoms with E-state index in [1.807, 2.05) is 0 Å². The molecule has 0 unspecified atom stereocenters. The molecule has 0 atom stereocenters. The van der Waals surface area contributed by atoms with Crippen LogP contribution in [-0.2, 0) is 13.1 Å². The SMILES string of the molecule is CCn1c2ccccc2c2cc(-c3ccc(-c4c5ccccc5c(-c5cccc(-c6ccccc6)c5)c5ccccc45)cc3)ccc21.CCn1c2ccccc2c2cc(-c3ccc(-c4c5ccccc5c(-c5ccccc5-c5ccccc5)c5ccccc45)cc3)ccc21. The molecule has 0 aliphatic rings. The fourth-order valence-corrected chi connectivity index (χ4v) is 15.3. The van der Waals surface area contributed by atoms with Gasteiger partial charge in [-0.1, -0.05) is 297 Å². The van der Waals surface area contributed by atoms with E-state index < -0.39 is 0 Å². The normalized spacial score (nSPS) is 11.6. The van der Waals surface area contributed by atoms with Crippen LogP contribution in [0.3, 0.4) is 0 Å². The monoisotopic (exact) mass is 1200 g/mol. The molecule has 0 aliphatic carbocycles. The van der Waals surface area contributed by atoms with Gasteiger partial charge in [0.15, 0.2) is 0 Å².